The molecular formula is C19H30ClN3O. The molecule has 0 radical (unpaired) electrons. The van der Waals surface area contributed by atoms with E-state index >= 15 is 0 Å². The van der Waals surface area contributed by atoms with Crippen LogP contribution in [0.2, 0.25) is 5.02 Å². The predicted molar refractivity (Wildman–Crippen MR) is 99.9 cm³/mol. The fourth-order valence-corrected chi connectivity index (χ4v) is 3.31. The van der Waals surface area contributed by atoms with E-state index in [1.807, 2.05) is 12.1 Å². The lowest BCUT2D eigenvalue weighted by Gasteiger charge is -2.32. The van der Waals surface area contributed by atoms with Crippen molar-refractivity contribution in [1.29, 1.82) is 0 Å². The summed E-state index contributed by atoms with van der Waals surface area (Å²) in [7, 11) is 0. The maximum Gasteiger partial charge on any atom is 0.236 e. The molecule has 1 aliphatic rings. The Morgan fingerprint density at radius 2 is 1.92 bits per heavy atom. The minimum Gasteiger partial charge on any atom is -0.354 e. The van der Waals surface area contributed by atoms with Gasteiger partial charge in [0.1, 0.15) is 0 Å². The van der Waals surface area contributed by atoms with E-state index in [2.05, 4.69) is 36.2 Å². The van der Waals surface area contributed by atoms with E-state index in [1.54, 1.807) is 0 Å². The van der Waals surface area contributed by atoms with Crippen molar-refractivity contribution < 1.29 is 4.79 Å². The summed E-state index contributed by atoms with van der Waals surface area (Å²) in [5.74, 6) is 0.996. The minimum atomic E-state index is -0.380. The van der Waals surface area contributed by atoms with Crippen LogP contribution in [0, 0.1) is 11.8 Å². The second kappa shape index (κ2) is 9.40. The monoisotopic (exact) mass is 351 g/mol. The van der Waals surface area contributed by atoms with Gasteiger partial charge in [0.2, 0.25) is 5.91 Å². The number of benzene rings is 1. The standard InChI is InChI=1S/C19H30ClN3O/c1-14(2)11-18(21)19(24)22-12-15-7-9-23(10-8-15)13-16-3-5-17(20)6-4-16/h3-6,14-15,18H,7-13,21H2,1-2H3,(H,22,24)/t18-/m0/s1. The fourth-order valence-electron chi connectivity index (χ4n) is 3.19. The van der Waals surface area contributed by atoms with Crippen molar-refractivity contribution in [3.8, 4) is 0 Å². The molecule has 0 aliphatic carbocycles. The third kappa shape index (κ3) is 6.42. The summed E-state index contributed by atoms with van der Waals surface area (Å²) in [6.45, 7) is 8.03. The van der Waals surface area contributed by atoms with Gasteiger partial charge in [-0.3, -0.25) is 9.69 Å². The summed E-state index contributed by atoms with van der Waals surface area (Å²) < 4.78 is 0. The van der Waals surface area contributed by atoms with Crippen molar-refractivity contribution >= 4 is 17.5 Å². The summed E-state index contributed by atoms with van der Waals surface area (Å²) in [5, 5.41) is 3.81. The highest BCUT2D eigenvalue weighted by Crippen LogP contribution is 2.19. The zero-order valence-electron chi connectivity index (χ0n) is 14.8. The number of hydrogen-bond acceptors (Lipinski definition) is 3. The zero-order chi connectivity index (χ0) is 17.5. The SMILES string of the molecule is CC(C)C[C@H](N)C(=O)NCC1CCN(Cc2ccc(Cl)cc2)CC1. The molecule has 24 heavy (non-hydrogen) atoms. The van der Waals surface area contributed by atoms with E-state index in [0.717, 1.165) is 50.5 Å². The highest BCUT2D eigenvalue weighted by Gasteiger charge is 2.21. The van der Waals surface area contributed by atoms with Crippen molar-refractivity contribution in [2.24, 2.45) is 17.6 Å². The molecule has 0 unspecified atom stereocenters. The normalized spacial score (nSPS) is 17.9. The van der Waals surface area contributed by atoms with Crippen LogP contribution in [0.15, 0.2) is 24.3 Å². The van der Waals surface area contributed by atoms with Gasteiger partial charge in [0, 0.05) is 18.1 Å². The summed E-state index contributed by atoms with van der Waals surface area (Å²) in [5.41, 5.74) is 7.22. The lowest BCUT2D eigenvalue weighted by molar-refractivity contribution is -0.122. The molecule has 1 atom stereocenters. The molecule has 1 fully saturated rings. The molecule has 1 amide bonds. The van der Waals surface area contributed by atoms with Crippen molar-refractivity contribution in [1.82, 2.24) is 10.2 Å². The van der Waals surface area contributed by atoms with Crippen LogP contribution in [-0.4, -0.2) is 36.5 Å². The molecule has 1 heterocycles. The van der Waals surface area contributed by atoms with Gasteiger partial charge in [-0.1, -0.05) is 37.6 Å². The average Bonchev–Trinajstić information content (AvgIpc) is 2.55. The molecule has 134 valence electrons. The third-order valence-electron chi connectivity index (χ3n) is 4.65. The first-order valence-corrected chi connectivity index (χ1v) is 9.32. The van der Waals surface area contributed by atoms with Crippen LogP contribution in [-0.2, 0) is 11.3 Å². The van der Waals surface area contributed by atoms with E-state index in [9.17, 15) is 4.79 Å². The van der Waals surface area contributed by atoms with Gasteiger partial charge in [-0.25, -0.2) is 0 Å². The van der Waals surface area contributed by atoms with Crippen molar-refractivity contribution in [3.63, 3.8) is 0 Å². The van der Waals surface area contributed by atoms with Crippen molar-refractivity contribution in [2.45, 2.75) is 45.7 Å². The van der Waals surface area contributed by atoms with Crippen LogP contribution in [0.5, 0.6) is 0 Å². The number of carbonyl (C=O) groups excluding carboxylic acids is 1. The predicted octanol–water partition coefficient (Wildman–Crippen LogP) is 3.04. The van der Waals surface area contributed by atoms with Crippen LogP contribution in [0.3, 0.4) is 0 Å². The number of rotatable bonds is 7. The highest BCUT2D eigenvalue weighted by atomic mass is 35.5. The Bertz CT molecular complexity index is 510. The van der Waals surface area contributed by atoms with Crippen LogP contribution >= 0.6 is 11.6 Å². The Balaban J connectivity index is 1.67. The molecule has 0 bridgehead atoms. The van der Waals surface area contributed by atoms with Crippen molar-refractivity contribution in [3.05, 3.63) is 34.9 Å². The van der Waals surface area contributed by atoms with Gasteiger partial charge < -0.3 is 11.1 Å². The second-order valence-electron chi connectivity index (χ2n) is 7.33. The summed E-state index contributed by atoms with van der Waals surface area (Å²) in [6.07, 6.45) is 2.98. The van der Waals surface area contributed by atoms with Gasteiger partial charge in [0.05, 0.1) is 6.04 Å². The first-order valence-electron chi connectivity index (χ1n) is 8.94. The number of piperidine rings is 1. The first kappa shape index (κ1) is 19.2. The number of amides is 1. The Hall–Kier alpha value is -1.10. The Labute approximate surface area is 150 Å². The lowest BCUT2D eigenvalue weighted by atomic mass is 9.96. The Morgan fingerprint density at radius 1 is 1.29 bits per heavy atom. The summed E-state index contributed by atoms with van der Waals surface area (Å²) in [4.78, 5) is 14.5. The van der Waals surface area contributed by atoms with E-state index in [0.29, 0.717) is 11.8 Å². The number of nitrogens with two attached hydrogens (primary N) is 1. The number of likely N-dealkylation sites (tertiary alicyclic amines) is 1. The van der Waals surface area contributed by atoms with Crippen LogP contribution in [0.4, 0.5) is 0 Å². The van der Waals surface area contributed by atoms with Crippen LogP contribution < -0.4 is 11.1 Å². The molecule has 0 saturated carbocycles. The molecule has 1 aromatic rings. The first-order chi connectivity index (χ1) is 11.4. The van der Waals surface area contributed by atoms with Crippen LogP contribution in [0.25, 0.3) is 0 Å². The molecule has 5 heteroatoms. The van der Waals surface area contributed by atoms with Gasteiger partial charge in [-0.2, -0.15) is 0 Å². The zero-order valence-corrected chi connectivity index (χ0v) is 15.6. The fraction of sp³-hybridized carbons (Fsp3) is 0.632. The maximum atomic E-state index is 12.0. The Kier molecular flexibility index (Phi) is 7.53. The van der Waals surface area contributed by atoms with Gasteiger partial charge in [-0.05, 0) is 61.9 Å². The molecule has 4 nitrogen and oxygen atoms in total. The molecule has 3 N–H and O–H groups in total. The molecule has 2 rings (SSSR count). The van der Waals surface area contributed by atoms with E-state index in [-0.39, 0.29) is 11.9 Å². The van der Waals surface area contributed by atoms with E-state index in [4.69, 9.17) is 17.3 Å². The molecule has 0 spiro atoms. The number of carbonyl (C=O) groups is 1. The van der Waals surface area contributed by atoms with E-state index < -0.39 is 0 Å². The average molecular weight is 352 g/mol. The highest BCUT2D eigenvalue weighted by molar-refractivity contribution is 6.30. The van der Waals surface area contributed by atoms with Gasteiger partial charge in [-0.15, -0.1) is 0 Å². The quantitative estimate of drug-likeness (QED) is 0.793. The summed E-state index contributed by atoms with van der Waals surface area (Å²) in [6, 6.07) is 7.68. The minimum absolute atomic E-state index is 0.00714. The van der Waals surface area contributed by atoms with Gasteiger partial charge in [0.15, 0.2) is 0 Å². The summed E-state index contributed by atoms with van der Waals surface area (Å²) >= 11 is 5.93. The second-order valence-corrected chi connectivity index (χ2v) is 7.76. The molecule has 1 saturated heterocycles. The smallest absolute Gasteiger partial charge is 0.236 e. The molecule has 0 aromatic heterocycles. The largest absolute Gasteiger partial charge is 0.354 e. The van der Waals surface area contributed by atoms with E-state index in [1.165, 1.54) is 5.56 Å². The number of halogens is 1. The maximum absolute atomic E-state index is 12.0. The number of nitrogens with zero attached hydrogens (tertiary/aromatic N) is 1. The number of hydrogen-bond donors (Lipinski definition) is 2. The Morgan fingerprint density at radius 3 is 2.50 bits per heavy atom. The van der Waals surface area contributed by atoms with Crippen molar-refractivity contribution in [2.75, 3.05) is 19.6 Å². The van der Waals surface area contributed by atoms with Gasteiger partial charge in [0.25, 0.3) is 0 Å². The third-order valence-corrected chi connectivity index (χ3v) is 4.91. The molecular weight excluding hydrogens is 322 g/mol. The number of nitrogens with one attached hydrogen (secondary N) is 1. The molecule has 1 aromatic carbocycles. The molecule has 1 aliphatic heterocycles. The van der Waals surface area contributed by atoms with Crippen LogP contribution in [0.1, 0.15) is 38.7 Å². The topological polar surface area (TPSA) is 58.4 Å². The lowest BCUT2D eigenvalue weighted by Crippen LogP contribution is -2.44. The van der Waals surface area contributed by atoms with Gasteiger partial charge >= 0.3 is 0 Å².